The second-order valence-electron chi connectivity index (χ2n) is 8.11. The molecule has 0 saturated heterocycles. The van der Waals surface area contributed by atoms with Crippen LogP contribution in [0.4, 0.5) is 0 Å². The third kappa shape index (κ3) is 3.31. The Morgan fingerprint density at radius 3 is 1.80 bits per heavy atom. The Kier molecular flexibility index (Phi) is 5.90. The van der Waals surface area contributed by atoms with Crippen molar-refractivity contribution in [1.29, 1.82) is 0 Å². The summed E-state index contributed by atoms with van der Waals surface area (Å²) in [5.74, 6) is 0.829. The topological polar surface area (TPSA) is 12.5 Å². The van der Waals surface area contributed by atoms with E-state index in [0.717, 1.165) is 12.5 Å². The molecule has 120 valence electrons. The summed E-state index contributed by atoms with van der Waals surface area (Å²) in [5.41, 5.74) is 2.52. The van der Waals surface area contributed by atoms with Gasteiger partial charge in [0.1, 0.15) is 0 Å². The maximum absolute atomic E-state index is 6.66. The fourth-order valence-electron chi connectivity index (χ4n) is 4.28. The van der Waals surface area contributed by atoms with E-state index in [9.17, 15) is 0 Å². The summed E-state index contributed by atoms with van der Waals surface area (Å²) >= 11 is 0. The summed E-state index contributed by atoms with van der Waals surface area (Å²) in [7, 11) is 2.76. The largest absolute Gasteiger partial charge is 0.416 e. The lowest BCUT2D eigenvalue weighted by Crippen LogP contribution is -2.48. The van der Waals surface area contributed by atoms with Gasteiger partial charge in [0.2, 0.25) is 0 Å². The molecule has 2 nitrogen and oxygen atoms in total. The fourth-order valence-corrected chi connectivity index (χ4v) is 9.75. The van der Waals surface area contributed by atoms with Crippen molar-refractivity contribution < 1.29 is 4.43 Å². The standard InChI is InChI=1S/C17H37NOSi/c1-13(2)20(14(3)4,15(5)6)19-11-10-16-12-17(16,7)18(8)9/h13-16H,10-12H2,1-9H3/t16-,17+/m1/s1. The van der Waals surface area contributed by atoms with Crippen LogP contribution in [0.25, 0.3) is 0 Å². The molecule has 0 aromatic heterocycles. The van der Waals surface area contributed by atoms with Crippen molar-refractivity contribution in [2.75, 3.05) is 20.7 Å². The van der Waals surface area contributed by atoms with E-state index < -0.39 is 8.32 Å². The molecular formula is C17H37NOSi. The van der Waals surface area contributed by atoms with Crippen LogP contribution in [0, 0.1) is 5.92 Å². The first-order valence-electron chi connectivity index (χ1n) is 8.40. The quantitative estimate of drug-likeness (QED) is 0.591. The minimum absolute atomic E-state index is 0.432. The Morgan fingerprint density at radius 2 is 1.50 bits per heavy atom. The molecule has 1 saturated carbocycles. The lowest BCUT2D eigenvalue weighted by atomic mass is 10.2. The first kappa shape index (κ1) is 18.2. The summed E-state index contributed by atoms with van der Waals surface area (Å²) in [6.45, 7) is 17.6. The molecule has 1 aliphatic carbocycles. The van der Waals surface area contributed by atoms with E-state index in [2.05, 4.69) is 67.5 Å². The van der Waals surface area contributed by atoms with E-state index in [-0.39, 0.29) is 0 Å². The van der Waals surface area contributed by atoms with Gasteiger partial charge in [-0.2, -0.15) is 0 Å². The van der Waals surface area contributed by atoms with Crippen LogP contribution in [-0.4, -0.2) is 39.5 Å². The van der Waals surface area contributed by atoms with Gasteiger partial charge in [-0.15, -0.1) is 0 Å². The summed E-state index contributed by atoms with van der Waals surface area (Å²) < 4.78 is 6.66. The van der Waals surface area contributed by atoms with Gasteiger partial charge < -0.3 is 9.33 Å². The maximum Gasteiger partial charge on any atom is 0.200 e. The van der Waals surface area contributed by atoms with E-state index in [4.69, 9.17) is 4.43 Å². The summed E-state index contributed by atoms with van der Waals surface area (Å²) in [5, 5.41) is 0. The highest BCUT2D eigenvalue weighted by Crippen LogP contribution is 2.49. The van der Waals surface area contributed by atoms with E-state index in [1.807, 2.05) is 0 Å². The van der Waals surface area contributed by atoms with E-state index >= 15 is 0 Å². The van der Waals surface area contributed by atoms with Gasteiger partial charge in [-0.05, 0) is 56.4 Å². The van der Waals surface area contributed by atoms with Gasteiger partial charge in [-0.3, -0.25) is 0 Å². The molecule has 0 radical (unpaired) electrons. The zero-order valence-corrected chi connectivity index (χ0v) is 16.3. The third-order valence-corrected chi connectivity index (χ3v) is 12.0. The molecule has 2 atom stereocenters. The Bertz CT molecular complexity index is 292. The van der Waals surface area contributed by atoms with Gasteiger partial charge in [0.05, 0.1) is 0 Å². The molecule has 20 heavy (non-hydrogen) atoms. The highest BCUT2D eigenvalue weighted by Gasteiger charge is 2.52. The zero-order chi connectivity index (χ0) is 15.7. The van der Waals surface area contributed by atoms with E-state index in [1.54, 1.807) is 0 Å². The Balaban J connectivity index is 2.57. The zero-order valence-electron chi connectivity index (χ0n) is 15.3. The third-order valence-electron chi connectivity index (χ3n) is 5.93. The van der Waals surface area contributed by atoms with Crippen LogP contribution < -0.4 is 0 Å². The number of nitrogens with zero attached hydrogens (tertiary/aromatic N) is 1. The van der Waals surface area contributed by atoms with Crippen molar-refractivity contribution in [2.24, 2.45) is 5.92 Å². The highest BCUT2D eigenvalue weighted by molar-refractivity contribution is 6.77. The molecule has 0 spiro atoms. The van der Waals surface area contributed by atoms with Crippen LogP contribution in [0.5, 0.6) is 0 Å². The lowest BCUT2D eigenvalue weighted by Gasteiger charge is -2.42. The first-order valence-corrected chi connectivity index (χ1v) is 10.5. The average Bonchev–Trinajstić information content (AvgIpc) is 2.96. The molecule has 0 aliphatic heterocycles. The van der Waals surface area contributed by atoms with E-state index in [0.29, 0.717) is 22.2 Å². The number of hydrogen-bond acceptors (Lipinski definition) is 2. The smallest absolute Gasteiger partial charge is 0.200 e. The minimum atomic E-state index is -1.65. The Hall–Kier alpha value is 0.137. The molecule has 3 heteroatoms. The lowest BCUT2D eigenvalue weighted by molar-refractivity contribution is 0.230. The first-order chi connectivity index (χ1) is 9.09. The molecule has 1 aliphatic rings. The van der Waals surface area contributed by atoms with Crippen LogP contribution in [0.2, 0.25) is 16.6 Å². The molecule has 1 rings (SSSR count). The van der Waals surface area contributed by atoms with Gasteiger partial charge in [0.15, 0.2) is 8.32 Å². The highest BCUT2D eigenvalue weighted by atomic mass is 28.4. The summed E-state index contributed by atoms with van der Waals surface area (Å²) in [4.78, 5) is 2.38. The molecule has 0 unspecified atom stereocenters. The van der Waals surface area contributed by atoms with Crippen LogP contribution in [0.3, 0.4) is 0 Å². The fraction of sp³-hybridized carbons (Fsp3) is 1.00. The minimum Gasteiger partial charge on any atom is -0.416 e. The molecule has 0 bridgehead atoms. The van der Waals surface area contributed by atoms with Gasteiger partial charge >= 0.3 is 0 Å². The Morgan fingerprint density at radius 1 is 1.05 bits per heavy atom. The van der Waals surface area contributed by atoms with Crippen molar-refractivity contribution in [3.05, 3.63) is 0 Å². The SMILES string of the molecule is CC(C)[Si](OCC[C@@H]1C[C@]1(C)N(C)C)(C(C)C)C(C)C. The predicted octanol–water partition coefficient (Wildman–Crippen LogP) is 4.91. The van der Waals surface area contributed by atoms with Crippen LogP contribution in [-0.2, 0) is 4.43 Å². The summed E-state index contributed by atoms with van der Waals surface area (Å²) in [6, 6.07) is 0. The molecule has 0 heterocycles. The monoisotopic (exact) mass is 299 g/mol. The van der Waals surface area contributed by atoms with Crippen molar-refractivity contribution in [2.45, 2.75) is 83.5 Å². The van der Waals surface area contributed by atoms with Crippen molar-refractivity contribution in [3.63, 3.8) is 0 Å². The average molecular weight is 300 g/mol. The molecule has 0 amide bonds. The molecule has 0 aromatic rings. The van der Waals surface area contributed by atoms with Gasteiger partial charge in [-0.25, -0.2) is 0 Å². The van der Waals surface area contributed by atoms with E-state index in [1.165, 1.54) is 12.8 Å². The second-order valence-corrected chi connectivity index (χ2v) is 13.6. The second kappa shape index (κ2) is 6.49. The van der Waals surface area contributed by atoms with Crippen molar-refractivity contribution in [3.8, 4) is 0 Å². The van der Waals surface area contributed by atoms with Gasteiger partial charge in [0, 0.05) is 12.1 Å². The molecular weight excluding hydrogens is 262 g/mol. The van der Waals surface area contributed by atoms with Gasteiger partial charge in [0.25, 0.3) is 0 Å². The number of hydrogen-bond donors (Lipinski definition) is 0. The molecule has 1 fully saturated rings. The van der Waals surface area contributed by atoms with Crippen LogP contribution in [0.1, 0.15) is 61.3 Å². The number of rotatable bonds is 8. The van der Waals surface area contributed by atoms with Crippen LogP contribution in [0.15, 0.2) is 0 Å². The molecule has 0 N–H and O–H groups in total. The summed E-state index contributed by atoms with van der Waals surface area (Å²) in [6.07, 6.45) is 2.57. The van der Waals surface area contributed by atoms with Crippen LogP contribution >= 0.6 is 0 Å². The molecule has 0 aromatic carbocycles. The van der Waals surface area contributed by atoms with Crippen molar-refractivity contribution >= 4 is 8.32 Å². The predicted molar refractivity (Wildman–Crippen MR) is 91.8 cm³/mol. The van der Waals surface area contributed by atoms with Gasteiger partial charge in [-0.1, -0.05) is 41.5 Å². The van der Waals surface area contributed by atoms with Crippen molar-refractivity contribution in [1.82, 2.24) is 4.90 Å². The Labute approximate surface area is 128 Å². The maximum atomic E-state index is 6.66. The normalized spacial score (nSPS) is 27.1.